The summed E-state index contributed by atoms with van der Waals surface area (Å²) < 4.78 is 1.94. The van der Waals surface area contributed by atoms with Gasteiger partial charge in [-0.3, -0.25) is 0 Å². The first kappa shape index (κ1) is 13.1. The van der Waals surface area contributed by atoms with Gasteiger partial charge in [0.15, 0.2) is 0 Å². The largest absolute Gasteiger partial charge is 0.312 e. The molecule has 1 aromatic carbocycles. The molecule has 2 rings (SSSR count). The van der Waals surface area contributed by atoms with Crippen LogP contribution in [0, 0.1) is 5.92 Å². The van der Waals surface area contributed by atoms with Crippen LogP contribution in [0.15, 0.2) is 36.9 Å². The molecule has 0 saturated heterocycles. The first-order valence-electron chi connectivity index (χ1n) is 6.14. The predicted octanol–water partition coefficient (Wildman–Crippen LogP) is 3.27. The van der Waals surface area contributed by atoms with Crippen LogP contribution in [0.25, 0.3) is 5.69 Å². The Bertz CT molecular complexity index is 492. The van der Waals surface area contributed by atoms with Gasteiger partial charge in [0, 0.05) is 29.6 Å². The van der Waals surface area contributed by atoms with Gasteiger partial charge in [0.2, 0.25) is 0 Å². The van der Waals surface area contributed by atoms with Crippen LogP contribution in [0.3, 0.4) is 0 Å². The molecule has 0 aliphatic rings. The fourth-order valence-corrected chi connectivity index (χ4v) is 1.99. The second-order valence-electron chi connectivity index (χ2n) is 4.77. The van der Waals surface area contributed by atoms with Crippen LogP contribution in [-0.2, 0) is 6.54 Å². The number of benzene rings is 1. The van der Waals surface area contributed by atoms with Crippen LogP contribution in [0.4, 0.5) is 0 Å². The van der Waals surface area contributed by atoms with Crippen molar-refractivity contribution in [3.05, 3.63) is 47.5 Å². The maximum Gasteiger partial charge on any atom is 0.0991 e. The van der Waals surface area contributed by atoms with Gasteiger partial charge >= 0.3 is 0 Å². The summed E-state index contributed by atoms with van der Waals surface area (Å²) in [5.41, 5.74) is 2.16. The molecule has 1 N–H and O–H groups in total. The average molecular weight is 264 g/mol. The third kappa shape index (κ3) is 3.34. The smallest absolute Gasteiger partial charge is 0.0991 e. The number of hydrogen-bond donors (Lipinski definition) is 1. The van der Waals surface area contributed by atoms with E-state index in [1.165, 1.54) is 0 Å². The highest BCUT2D eigenvalue weighted by Crippen LogP contribution is 2.20. The van der Waals surface area contributed by atoms with E-state index in [0.717, 1.165) is 29.4 Å². The number of halogens is 1. The molecule has 0 fully saturated rings. The normalized spacial score (nSPS) is 11.1. The molecule has 96 valence electrons. The van der Waals surface area contributed by atoms with Crippen molar-refractivity contribution in [1.82, 2.24) is 14.9 Å². The van der Waals surface area contributed by atoms with Gasteiger partial charge in [-0.15, -0.1) is 0 Å². The highest BCUT2D eigenvalue weighted by Gasteiger charge is 2.03. The van der Waals surface area contributed by atoms with E-state index in [0.29, 0.717) is 5.92 Å². The van der Waals surface area contributed by atoms with Crippen LogP contribution < -0.4 is 5.32 Å². The molecule has 3 nitrogen and oxygen atoms in total. The fourth-order valence-electron chi connectivity index (χ4n) is 1.75. The standard InChI is InChI=1S/C14H18ClN3/c1-11(2)8-17-9-12-3-4-13(7-14(12)15)18-6-5-16-10-18/h3-7,10-11,17H,8-9H2,1-2H3. The molecule has 1 heterocycles. The summed E-state index contributed by atoms with van der Waals surface area (Å²) in [4.78, 5) is 4.03. The lowest BCUT2D eigenvalue weighted by molar-refractivity contribution is 0.552. The zero-order valence-electron chi connectivity index (χ0n) is 10.7. The van der Waals surface area contributed by atoms with Crippen LogP contribution in [0.5, 0.6) is 0 Å². The minimum atomic E-state index is 0.647. The Morgan fingerprint density at radius 2 is 2.22 bits per heavy atom. The molecule has 0 aliphatic carbocycles. The van der Waals surface area contributed by atoms with Crippen molar-refractivity contribution in [3.8, 4) is 5.69 Å². The lowest BCUT2D eigenvalue weighted by Gasteiger charge is -2.10. The third-order valence-corrected chi connectivity index (χ3v) is 3.06. The van der Waals surface area contributed by atoms with Gasteiger partial charge < -0.3 is 9.88 Å². The number of rotatable bonds is 5. The van der Waals surface area contributed by atoms with Crippen LogP contribution >= 0.6 is 11.6 Å². The van der Waals surface area contributed by atoms with E-state index < -0.39 is 0 Å². The number of hydrogen-bond acceptors (Lipinski definition) is 2. The summed E-state index contributed by atoms with van der Waals surface area (Å²) in [7, 11) is 0. The highest BCUT2D eigenvalue weighted by molar-refractivity contribution is 6.31. The molecule has 0 saturated carbocycles. The van der Waals surface area contributed by atoms with Gasteiger partial charge in [0.1, 0.15) is 0 Å². The molecule has 1 aromatic heterocycles. The number of imidazole rings is 1. The molecule has 2 aromatic rings. The van der Waals surface area contributed by atoms with Crippen molar-refractivity contribution in [1.29, 1.82) is 0 Å². The second-order valence-corrected chi connectivity index (χ2v) is 5.18. The van der Waals surface area contributed by atoms with E-state index in [2.05, 4.69) is 36.3 Å². The van der Waals surface area contributed by atoms with Gasteiger partial charge in [-0.25, -0.2) is 4.98 Å². The molecule has 4 heteroatoms. The minimum absolute atomic E-state index is 0.647. The zero-order chi connectivity index (χ0) is 13.0. The Labute approximate surface area is 113 Å². The summed E-state index contributed by atoms with van der Waals surface area (Å²) in [6.07, 6.45) is 5.43. The van der Waals surface area contributed by atoms with Crippen molar-refractivity contribution in [2.45, 2.75) is 20.4 Å². The molecule has 0 atom stereocenters. The molecule has 0 radical (unpaired) electrons. The van der Waals surface area contributed by atoms with Crippen molar-refractivity contribution in [2.75, 3.05) is 6.54 Å². The van der Waals surface area contributed by atoms with Crippen molar-refractivity contribution in [2.24, 2.45) is 5.92 Å². The van der Waals surface area contributed by atoms with Gasteiger partial charge in [-0.2, -0.15) is 0 Å². The quantitative estimate of drug-likeness (QED) is 0.897. The van der Waals surface area contributed by atoms with Crippen molar-refractivity contribution >= 4 is 11.6 Å². The van der Waals surface area contributed by atoms with Crippen molar-refractivity contribution < 1.29 is 0 Å². The van der Waals surface area contributed by atoms with Gasteiger partial charge in [-0.05, 0) is 30.2 Å². The first-order chi connectivity index (χ1) is 8.66. The summed E-state index contributed by atoms with van der Waals surface area (Å²) >= 11 is 6.29. The number of nitrogens with one attached hydrogen (secondary N) is 1. The minimum Gasteiger partial charge on any atom is -0.312 e. The Kier molecular flexibility index (Phi) is 4.39. The van der Waals surface area contributed by atoms with Gasteiger partial charge in [-0.1, -0.05) is 31.5 Å². The lowest BCUT2D eigenvalue weighted by atomic mass is 10.2. The van der Waals surface area contributed by atoms with Crippen LogP contribution in [-0.4, -0.2) is 16.1 Å². The molecule has 0 bridgehead atoms. The second kappa shape index (κ2) is 6.03. The SMILES string of the molecule is CC(C)CNCc1ccc(-n2ccnc2)cc1Cl. The average Bonchev–Trinajstić information content (AvgIpc) is 2.84. The maximum atomic E-state index is 6.29. The molecule has 0 spiro atoms. The molecule has 18 heavy (non-hydrogen) atoms. The summed E-state index contributed by atoms with van der Waals surface area (Å²) in [6.45, 7) is 6.19. The summed E-state index contributed by atoms with van der Waals surface area (Å²) in [5, 5.41) is 4.18. The Balaban J connectivity index is 2.06. The molecule has 0 unspecified atom stereocenters. The van der Waals surface area contributed by atoms with Gasteiger partial charge in [0.25, 0.3) is 0 Å². The summed E-state index contributed by atoms with van der Waals surface area (Å²) in [5.74, 6) is 0.647. The van der Waals surface area contributed by atoms with Gasteiger partial charge in [0.05, 0.1) is 6.33 Å². The van der Waals surface area contributed by atoms with E-state index in [1.807, 2.05) is 16.8 Å². The Morgan fingerprint density at radius 1 is 1.39 bits per heavy atom. The first-order valence-corrected chi connectivity index (χ1v) is 6.52. The van der Waals surface area contributed by atoms with E-state index in [9.17, 15) is 0 Å². The number of aromatic nitrogens is 2. The molecular formula is C14H18ClN3. The van der Waals surface area contributed by atoms with E-state index in [1.54, 1.807) is 12.5 Å². The monoisotopic (exact) mass is 263 g/mol. The summed E-state index contributed by atoms with van der Waals surface area (Å²) in [6, 6.07) is 6.08. The molecule has 0 aliphatic heterocycles. The topological polar surface area (TPSA) is 29.9 Å². The lowest BCUT2D eigenvalue weighted by Crippen LogP contribution is -2.19. The highest BCUT2D eigenvalue weighted by atomic mass is 35.5. The third-order valence-electron chi connectivity index (χ3n) is 2.71. The maximum absolute atomic E-state index is 6.29. The molecule has 0 amide bonds. The van der Waals surface area contributed by atoms with E-state index in [4.69, 9.17) is 11.6 Å². The zero-order valence-corrected chi connectivity index (χ0v) is 11.5. The van der Waals surface area contributed by atoms with Crippen molar-refractivity contribution in [3.63, 3.8) is 0 Å². The fraction of sp³-hybridized carbons (Fsp3) is 0.357. The predicted molar refractivity (Wildman–Crippen MR) is 75.1 cm³/mol. The van der Waals surface area contributed by atoms with E-state index in [-0.39, 0.29) is 0 Å². The Morgan fingerprint density at radius 3 is 2.83 bits per heavy atom. The number of nitrogens with zero attached hydrogens (tertiary/aromatic N) is 2. The Hall–Kier alpha value is -1.32. The van der Waals surface area contributed by atoms with Crippen LogP contribution in [0.1, 0.15) is 19.4 Å². The van der Waals surface area contributed by atoms with E-state index >= 15 is 0 Å². The molecular weight excluding hydrogens is 246 g/mol. The van der Waals surface area contributed by atoms with Crippen LogP contribution in [0.2, 0.25) is 5.02 Å².